The first-order valence-electron chi connectivity index (χ1n) is 5.31. The molecule has 0 spiro atoms. The highest BCUT2D eigenvalue weighted by molar-refractivity contribution is 6.32. The van der Waals surface area contributed by atoms with E-state index in [-0.39, 0.29) is 27.4 Å². The fourth-order valence-corrected chi connectivity index (χ4v) is 1.82. The average Bonchev–Trinajstić information content (AvgIpc) is 2.38. The van der Waals surface area contributed by atoms with Gasteiger partial charge in [-0.25, -0.2) is 19.0 Å². The molecule has 0 amide bonds. The Balaban J connectivity index is 2.59. The molecular weight excluding hydrogens is 289 g/mol. The van der Waals surface area contributed by atoms with Gasteiger partial charge in [0.1, 0.15) is 11.0 Å². The molecule has 1 aromatic carbocycles. The van der Waals surface area contributed by atoms with Gasteiger partial charge in [0.2, 0.25) is 0 Å². The number of halogens is 2. The van der Waals surface area contributed by atoms with E-state index < -0.39 is 17.8 Å². The normalized spacial score (nSPS) is 10.3. The van der Waals surface area contributed by atoms with Crippen LogP contribution in [0.4, 0.5) is 4.39 Å². The van der Waals surface area contributed by atoms with Crippen LogP contribution in [-0.4, -0.2) is 27.1 Å². The Bertz CT molecular complexity index is 718. The van der Waals surface area contributed by atoms with Gasteiger partial charge in [0, 0.05) is 11.8 Å². The van der Waals surface area contributed by atoms with Gasteiger partial charge in [-0.3, -0.25) is 0 Å². The molecule has 0 fully saturated rings. The summed E-state index contributed by atoms with van der Waals surface area (Å²) >= 11 is 5.63. The van der Waals surface area contributed by atoms with E-state index in [1.54, 1.807) is 0 Å². The highest BCUT2D eigenvalue weighted by atomic mass is 35.5. The minimum atomic E-state index is -1.29. The van der Waals surface area contributed by atoms with E-state index in [2.05, 4.69) is 4.98 Å². The van der Waals surface area contributed by atoms with E-state index in [4.69, 9.17) is 21.8 Å². The quantitative estimate of drug-likeness (QED) is 0.850. The monoisotopic (exact) mass is 295 g/mol. The Hall–Kier alpha value is -2.47. The molecule has 0 saturated carbocycles. The lowest BCUT2D eigenvalue weighted by Crippen LogP contribution is -2.01. The van der Waals surface area contributed by atoms with Crippen molar-refractivity contribution in [1.29, 1.82) is 0 Å². The molecule has 102 valence electrons. The van der Waals surface area contributed by atoms with E-state index in [1.807, 2.05) is 0 Å². The molecule has 0 saturated heterocycles. The summed E-state index contributed by atoms with van der Waals surface area (Å²) in [5.74, 6) is -3.31. The summed E-state index contributed by atoms with van der Waals surface area (Å²) < 4.78 is 13.4. The van der Waals surface area contributed by atoms with Crippen LogP contribution in [0.5, 0.6) is 0 Å². The lowest BCUT2D eigenvalue weighted by atomic mass is 10.0. The zero-order chi connectivity index (χ0) is 14.9. The number of carboxylic acids is 2. The van der Waals surface area contributed by atoms with Gasteiger partial charge in [0.15, 0.2) is 0 Å². The Kier molecular flexibility index (Phi) is 3.67. The molecular formula is C13H7ClFNO4. The fourth-order valence-electron chi connectivity index (χ4n) is 1.64. The van der Waals surface area contributed by atoms with Gasteiger partial charge in [-0.05, 0) is 29.8 Å². The fraction of sp³-hybridized carbons (Fsp3) is 0. The topological polar surface area (TPSA) is 87.5 Å². The van der Waals surface area contributed by atoms with Gasteiger partial charge in [0.05, 0.1) is 11.1 Å². The second kappa shape index (κ2) is 5.26. The number of carbonyl (C=O) groups is 2. The molecule has 1 heterocycles. The van der Waals surface area contributed by atoms with Crippen LogP contribution in [0, 0.1) is 5.82 Å². The Morgan fingerprint density at radius 3 is 2.35 bits per heavy atom. The average molecular weight is 296 g/mol. The molecule has 0 bridgehead atoms. The molecule has 2 rings (SSSR count). The summed E-state index contributed by atoms with van der Waals surface area (Å²) in [5, 5.41) is 17.6. The summed E-state index contributed by atoms with van der Waals surface area (Å²) in [6, 6.07) is 4.39. The molecule has 2 aromatic rings. The molecule has 1 aromatic heterocycles. The molecule has 0 radical (unpaired) electrons. The van der Waals surface area contributed by atoms with E-state index in [0.717, 1.165) is 12.1 Å². The number of rotatable bonds is 3. The number of benzene rings is 1. The molecule has 0 aliphatic heterocycles. The SMILES string of the molecule is O=C(O)c1cc(F)cc(-c2cnc(Cl)c(C(=O)O)c2)c1. The summed E-state index contributed by atoms with van der Waals surface area (Å²) in [5.41, 5.74) is -0.0278. The predicted molar refractivity (Wildman–Crippen MR) is 68.6 cm³/mol. The van der Waals surface area contributed by atoms with Crippen molar-refractivity contribution < 1.29 is 24.2 Å². The number of carboxylic acid groups (broad SMARTS) is 2. The molecule has 0 aliphatic carbocycles. The number of nitrogens with zero attached hydrogens (tertiary/aromatic N) is 1. The zero-order valence-corrected chi connectivity index (χ0v) is 10.6. The number of pyridine rings is 1. The van der Waals surface area contributed by atoms with Gasteiger partial charge in [-0.1, -0.05) is 11.6 Å². The van der Waals surface area contributed by atoms with E-state index in [9.17, 15) is 14.0 Å². The van der Waals surface area contributed by atoms with Crippen molar-refractivity contribution in [2.24, 2.45) is 0 Å². The Labute approximate surface area is 117 Å². The first-order valence-corrected chi connectivity index (χ1v) is 5.69. The number of aromatic nitrogens is 1. The molecule has 7 heteroatoms. The molecule has 0 aliphatic rings. The van der Waals surface area contributed by atoms with Gasteiger partial charge in [-0.15, -0.1) is 0 Å². The predicted octanol–water partition coefficient (Wildman–Crippen LogP) is 2.94. The maximum atomic E-state index is 13.4. The van der Waals surface area contributed by atoms with Gasteiger partial charge in [-0.2, -0.15) is 0 Å². The molecule has 0 unspecified atom stereocenters. The van der Waals surface area contributed by atoms with Crippen molar-refractivity contribution >= 4 is 23.5 Å². The van der Waals surface area contributed by atoms with Gasteiger partial charge in [0.25, 0.3) is 0 Å². The highest BCUT2D eigenvalue weighted by Crippen LogP contribution is 2.25. The van der Waals surface area contributed by atoms with Crippen LogP contribution in [0.15, 0.2) is 30.5 Å². The van der Waals surface area contributed by atoms with Crippen molar-refractivity contribution in [3.8, 4) is 11.1 Å². The lowest BCUT2D eigenvalue weighted by Gasteiger charge is -2.06. The summed E-state index contributed by atoms with van der Waals surface area (Å²) in [4.78, 5) is 25.5. The van der Waals surface area contributed by atoms with E-state index in [1.165, 1.54) is 18.3 Å². The molecule has 0 atom stereocenters. The van der Waals surface area contributed by atoms with Crippen molar-refractivity contribution in [3.63, 3.8) is 0 Å². The Morgan fingerprint density at radius 1 is 1.05 bits per heavy atom. The highest BCUT2D eigenvalue weighted by Gasteiger charge is 2.14. The zero-order valence-electron chi connectivity index (χ0n) is 9.80. The summed E-state index contributed by atoms with van der Waals surface area (Å²) in [6.45, 7) is 0. The van der Waals surface area contributed by atoms with Gasteiger partial charge >= 0.3 is 11.9 Å². The smallest absolute Gasteiger partial charge is 0.338 e. The number of hydrogen-bond donors (Lipinski definition) is 2. The van der Waals surface area contributed by atoms with Crippen LogP contribution in [0.2, 0.25) is 5.15 Å². The number of aromatic carboxylic acids is 2. The maximum Gasteiger partial charge on any atom is 0.338 e. The van der Waals surface area contributed by atoms with Crippen molar-refractivity contribution in [1.82, 2.24) is 4.98 Å². The van der Waals surface area contributed by atoms with Crippen LogP contribution in [0.1, 0.15) is 20.7 Å². The molecule has 2 N–H and O–H groups in total. The third kappa shape index (κ3) is 2.75. The van der Waals surface area contributed by atoms with Crippen molar-refractivity contribution in [2.45, 2.75) is 0 Å². The van der Waals surface area contributed by atoms with Crippen LogP contribution >= 0.6 is 11.6 Å². The van der Waals surface area contributed by atoms with E-state index >= 15 is 0 Å². The largest absolute Gasteiger partial charge is 0.478 e. The third-order valence-corrected chi connectivity index (χ3v) is 2.85. The lowest BCUT2D eigenvalue weighted by molar-refractivity contribution is 0.0685. The van der Waals surface area contributed by atoms with Crippen molar-refractivity contribution in [3.05, 3.63) is 52.6 Å². The minimum Gasteiger partial charge on any atom is -0.478 e. The van der Waals surface area contributed by atoms with Gasteiger partial charge < -0.3 is 10.2 Å². The van der Waals surface area contributed by atoms with Crippen LogP contribution in [0.3, 0.4) is 0 Å². The standard InChI is InChI=1S/C13H7ClFNO4/c14-11-10(13(19)20)4-8(5-16-11)6-1-7(12(17)18)3-9(15)2-6/h1-5H,(H,17,18)(H,19,20). The molecule has 5 nitrogen and oxygen atoms in total. The maximum absolute atomic E-state index is 13.4. The first-order chi connectivity index (χ1) is 9.38. The summed E-state index contributed by atoms with van der Waals surface area (Å²) in [6.07, 6.45) is 1.25. The van der Waals surface area contributed by atoms with E-state index in [0.29, 0.717) is 0 Å². The Morgan fingerprint density at radius 2 is 1.75 bits per heavy atom. The first kappa shape index (κ1) is 14.0. The van der Waals surface area contributed by atoms with Crippen LogP contribution in [-0.2, 0) is 0 Å². The minimum absolute atomic E-state index is 0.198. The summed E-state index contributed by atoms with van der Waals surface area (Å²) in [7, 11) is 0. The van der Waals surface area contributed by atoms with Crippen molar-refractivity contribution in [2.75, 3.05) is 0 Å². The number of hydrogen-bond acceptors (Lipinski definition) is 3. The third-order valence-electron chi connectivity index (χ3n) is 2.55. The van der Waals surface area contributed by atoms with Crippen LogP contribution in [0.25, 0.3) is 11.1 Å². The van der Waals surface area contributed by atoms with Crippen LogP contribution < -0.4 is 0 Å². The second-order valence-electron chi connectivity index (χ2n) is 3.90. The molecule has 20 heavy (non-hydrogen) atoms. The second-order valence-corrected chi connectivity index (χ2v) is 4.26.